The lowest BCUT2D eigenvalue weighted by Gasteiger charge is -2.44. The Hall–Kier alpha value is -1.84. The van der Waals surface area contributed by atoms with Gasteiger partial charge in [-0.25, -0.2) is 0 Å². The highest BCUT2D eigenvalue weighted by molar-refractivity contribution is 9.11. The second-order valence-corrected chi connectivity index (χ2v) is 15.4. The minimum absolute atomic E-state index is 0.166. The highest BCUT2D eigenvalue weighted by atomic mass is 79.9. The second kappa shape index (κ2) is 8.95. The van der Waals surface area contributed by atoms with Gasteiger partial charge in [-0.1, -0.05) is 20.8 Å². The number of pyridine rings is 1. The molecule has 1 aromatic heterocycles. The summed E-state index contributed by atoms with van der Waals surface area (Å²) in [5.74, 6) is -0.508. The van der Waals surface area contributed by atoms with Gasteiger partial charge >= 0.3 is 0 Å². The molecule has 3 heterocycles. The van der Waals surface area contributed by atoms with Crippen LogP contribution < -0.4 is 21.3 Å². The maximum absolute atomic E-state index is 12.2. The van der Waals surface area contributed by atoms with Crippen LogP contribution in [0.3, 0.4) is 0 Å². The fraction of sp³-hybridized carbons (Fsp3) is 0.545. The summed E-state index contributed by atoms with van der Waals surface area (Å²) in [6.07, 6.45) is 9.33. The molecule has 1 saturated heterocycles. The first-order valence-electron chi connectivity index (χ1n) is 10.7. The summed E-state index contributed by atoms with van der Waals surface area (Å²) in [6, 6.07) is 1.21. The number of hydrogen-bond acceptors (Lipinski definition) is 6. The molecule has 3 rings (SSSR count). The Balaban J connectivity index is 1.91. The van der Waals surface area contributed by atoms with Gasteiger partial charge in [0, 0.05) is 25.0 Å². The third-order valence-electron chi connectivity index (χ3n) is 6.51. The van der Waals surface area contributed by atoms with E-state index in [0.717, 1.165) is 37.3 Å². The van der Waals surface area contributed by atoms with Gasteiger partial charge in [-0.05, 0) is 65.1 Å². The standard InChI is InChI=1S/C22H34BrN5O2Si/c1-22(2,3)31(4,5)30-15-7-6-12-27(14-15)17-10-11-26-13-18(17)28-19(23)9-8-16(24)20(28)21(25)29/h8-11,13,15,20H,6-7,12,14,24H2,1-5H3,(H2,25,29). The molecule has 0 aliphatic carbocycles. The molecule has 0 spiro atoms. The maximum Gasteiger partial charge on any atom is 0.246 e. The molecule has 0 radical (unpaired) electrons. The molecule has 4 N–H and O–H groups in total. The predicted octanol–water partition coefficient (Wildman–Crippen LogP) is 3.83. The molecule has 2 aliphatic rings. The van der Waals surface area contributed by atoms with Crippen LogP contribution >= 0.6 is 15.9 Å². The number of rotatable bonds is 5. The summed E-state index contributed by atoms with van der Waals surface area (Å²) in [4.78, 5) is 20.7. The predicted molar refractivity (Wildman–Crippen MR) is 132 cm³/mol. The van der Waals surface area contributed by atoms with Crippen molar-refractivity contribution in [3.8, 4) is 0 Å². The zero-order chi connectivity index (χ0) is 23.0. The molecule has 170 valence electrons. The Labute approximate surface area is 194 Å². The minimum Gasteiger partial charge on any atom is -0.412 e. The first-order chi connectivity index (χ1) is 14.4. The van der Waals surface area contributed by atoms with Crippen molar-refractivity contribution in [2.45, 2.75) is 63.9 Å². The van der Waals surface area contributed by atoms with Gasteiger partial charge in [-0.15, -0.1) is 0 Å². The van der Waals surface area contributed by atoms with E-state index in [9.17, 15) is 4.79 Å². The normalized spacial score (nSPS) is 22.8. The molecule has 1 fully saturated rings. The SMILES string of the molecule is CC(C)(C)[Si](C)(C)OC1CCCN(c2ccncc2N2C(Br)=CC=C(N)C2C(N)=O)C1. The van der Waals surface area contributed by atoms with E-state index in [0.29, 0.717) is 10.3 Å². The number of carbonyl (C=O) groups is 1. The van der Waals surface area contributed by atoms with Gasteiger partial charge in [0.25, 0.3) is 0 Å². The first-order valence-corrected chi connectivity index (χ1v) is 14.4. The summed E-state index contributed by atoms with van der Waals surface area (Å²) in [6.45, 7) is 13.1. The summed E-state index contributed by atoms with van der Waals surface area (Å²) < 4.78 is 7.44. The van der Waals surface area contributed by atoms with E-state index in [4.69, 9.17) is 15.9 Å². The molecule has 2 aliphatic heterocycles. The quantitative estimate of drug-likeness (QED) is 0.464. The van der Waals surface area contributed by atoms with Crippen LogP contribution in [-0.4, -0.2) is 44.4 Å². The Kier molecular flexibility index (Phi) is 6.88. The van der Waals surface area contributed by atoms with Crippen LogP contribution in [0.1, 0.15) is 33.6 Å². The van der Waals surface area contributed by atoms with Crippen molar-refractivity contribution in [1.29, 1.82) is 0 Å². The Morgan fingerprint density at radius 2 is 2.00 bits per heavy atom. The molecule has 0 bridgehead atoms. The number of nitrogens with zero attached hydrogens (tertiary/aromatic N) is 3. The van der Waals surface area contributed by atoms with Gasteiger partial charge in [0.2, 0.25) is 5.91 Å². The smallest absolute Gasteiger partial charge is 0.246 e. The fourth-order valence-electron chi connectivity index (χ4n) is 3.83. The van der Waals surface area contributed by atoms with Crippen LogP contribution in [0.5, 0.6) is 0 Å². The molecule has 9 heteroatoms. The van der Waals surface area contributed by atoms with Crippen molar-refractivity contribution in [3.63, 3.8) is 0 Å². The second-order valence-electron chi connectivity index (χ2n) is 9.78. The molecule has 2 atom stereocenters. The highest BCUT2D eigenvalue weighted by Crippen LogP contribution is 2.40. The monoisotopic (exact) mass is 507 g/mol. The van der Waals surface area contributed by atoms with E-state index in [-0.39, 0.29) is 11.1 Å². The average Bonchev–Trinajstić information content (AvgIpc) is 2.68. The van der Waals surface area contributed by atoms with E-state index < -0.39 is 20.3 Å². The third kappa shape index (κ3) is 4.99. The van der Waals surface area contributed by atoms with Crippen LogP contribution in [-0.2, 0) is 9.22 Å². The number of allylic oxidation sites excluding steroid dienone is 2. The van der Waals surface area contributed by atoms with Gasteiger partial charge in [-0.2, -0.15) is 0 Å². The van der Waals surface area contributed by atoms with Crippen molar-refractivity contribution in [2.75, 3.05) is 22.9 Å². The lowest BCUT2D eigenvalue weighted by molar-refractivity contribution is -0.118. The van der Waals surface area contributed by atoms with Crippen molar-refractivity contribution in [3.05, 3.63) is 40.9 Å². The summed E-state index contributed by atoms with van der Waals surface area (Å²) >= 11 is 3.57. The number of piperidine rings is 1. The number of aromatic nitrogens is 1. The number of halogens is 1. The zero-order valence-corrected chi connectivity index (χ0v) is 21.6. The van der Waals surface area contributed by atoms with Crippen LogP contribution in [0.25, 0.3) is 0 Å². The number of anilines is 2. The molecule has 31 heavy (non-hydrogen) atoms. The highest BCUT2D eigenvalue weighted by Gasteiger charge is 2.40. The van der Waals surface area contributed by atoms with E-state index >= 15 is 0 Å². The van der Waals surface area contributed by atoms with E-state index in [2.05, 4.69) is 59.7 Å². The van der Waals surface area contributed by atoms with Gasteiger partial charge in [-0.3, -0.25) is 9.78 Å². The minimum atomic E-state index is -1.87. The number of hydrogen-bond donors (Lipinski definition) is 2. The van der Waals surface area contributed by atoms with Gasteiger partial charge in [0.1, 0.15) is 0 Å². The molecule has 7 nitrogen and oxygen atoms in total. The summed E-state index contributed by atoms with van der Waals surface area (Å²) in [5, 5.41) is 0.166. The molecular weight excluding hydrogens is 474 g/mol. The van der Waals surface area contributed by atoms with Crippen LogP contribution in [0.15, 0.2) is 40.9 Å². The average molecular weight is 509 g/mol. The number of amides is 1. The van der Waals surface area contributed by atoms with Crippen molar-refractivity contribution < 1.29 is 9.22 Å². The summed E-state index contributed by atoms with van der Waals surface area (Å²) in [7, 11) is -1.87. The number of nitrogens with two attached hydrogens (primary N) is 2. The van der Waals surface area contributed by atoms with E-state index in [1.807, 2.05) is 17.0 Å². The fourth-order valence-corrected chi connectivity index (χ4v) is 5.74. The Morgan fingerprint density at radius 1 is 1.29 bits per heavy atom. The van der Waals surface area contributed by atoms with Crippen molar-refractivity contribution >= 4 is 41.5 Å². The summed E-state index contributed by atoms with van der Waals surface area (Å²) in [5.41, 5.74) is 14.0. The van der Waals surface area contributed by atoms with Crippen LogP contribution in [0.4, 0.5) is 11.4 Å². The van der Waals surface area contributed by atoms with Gasteiger partial charge in [0.15, 0.2) is 14.4 Å². The molecule has 1 amide bonds. The van der Waals surface area contributed by atoms with Crippen LogP contribution in [0, 0.1) is 0 Å². The number of primary amides is 1. The third-order valence-corrected chi connectivity index (χ3v) is 11.7. The lowest BCUT2D eigenvalue weighted by atomic mass is 10.1. The Morgan fingerprint density at radius 3 is 2.65 bits per heavy atom. The van der Waals surface area contributed by atoms with Crippen molar-refractivity contribution in [2.24, 2.45) is 11.5 Å². The Bertz CT molecular complexity index is 896. The molecule has 1 aromatic rings. The number of carbonyl (C=O) groups excluding carboxylic acids is 1. The van der Waals surface area contributed by atoms with E-state index in [1.54, 1.807) is 18.5 Å². The zero-order valence-electron chi connectivity index (χ0n) is 19.1. The van der Waals surface area contributed by atoms with E-state index in [1.165, 1.54) is 0 Å². The lowest BCUT2D eigenvalue weighted by Crippen LogP contribution is -2.50. The van der Waals surface area contributed by atoms with Crippen LogP contribution in [0.2, 0.25) is 18.1 Å². The maximum atomic E-state index is 12.2. The largest absolute Gasteiger partial charge is 0.412 e. The topological polar surface area (TPSA) is 97.7 Å². The first kappa shape index (κ1) is 23.8. The van der Waals surface area contributed by atoms with Gasteiger partial charge in [0.05, 0.1) is 28.3 Å². The molecular formula is C22H34BrN5O2Si. The molecule has 0 aromatic carbocycles. The molecule has 0 saturated carbocycles. The van der Waals surface area contributed by atoms with Gasteiger partial charge < -0.3 is 25.7 Å². The molecule has 2 unspecified atom stereocenters. The van der Waals surface area contributed by atoms with Crippen molar-refractivity contribution in [1.82, 2.24) is 4.98 Å².